The van der Waals surface area contributed by atoms with Crippen molar-refractivity contribution in [2.24, 2.45) is 0 Å². The van der Waals surface area contributed by atoms with Crippen LogP contribution in [0.1, 0.15) is 0 Å². The molecule has 0 aliphatic carbocycles. The van der Waals surface area contributed by atoms with Crippen molar-refractivity contribution in [1.82, 2.24) is 0 Å². The van der Waals surface area contributed by atoms with Crippen LogP contribution in [-0.4, -0.2) is 0 Å². The monoisotopic (exact) mass is 405 g/mol. The summed E-state index contributed by atoms with van der Waals surface area (Å²) in [5.41, 5.74) is 0. The molecule has 0 unspecified atom stereocenters. The summed E-state index contributed by atoms with van der Waals surface area (Å²) in [4.78, 5) is 0. The summed E-state index contributed by atoms with van der Waals surface area (Å²) < 4.78 is 0. The molecule has 0 aromatic carbocycles. The SMILES string of the molecule is [Au+3].[C-]#N.[C-]#N.[C-]#N.[C-]#N.[C-]#N.[K+].[K+]. The van der Waals surface area contributed by atoms with E-state index in [1.807, 2.05) is 0 Å². The first-order valence-corrected chi connectivity index (χ1v) is 1.12. The summed E-state index contributed by atoms with van der Waals surface area (Å²) in [6, 6.07) is 0. The first-order chi connectivity index (χ1) is 5.00. The van der Waals surface area contributed by atoms with E-state index in [-0.39, 0.29) is 125 Å². The molecule has 0 rings (SSSR count). The van der Waals surface area contributed by atoms with Crippen LogP contribution in [0.25, 0.3) is 0 Å². The maximum Gasteiger partial charge on any atom is 3.00 e. The van der Waals surface area contributed by atoms with Gasteiger partial charge in [-0.05, 0) is 0 Å². The Balaban J connectivity index is -0.00000000379. The van der Waals surface area contributed by atoms with Crippen LogP contribution in [0.5, 0.6) is 0 Å². The minimum Gasteiger partial charge on any atom is -0.512 e. The maximum absolute atomic E-state index is 6.25. The molecule has 0 aliphatic rings. The van der Waals surface area contributed by atoms with Gasteiger partial charge in [-0.1, -0.05) is 0 Å². The molecular formula is C5AuK2N5. The summed E-state index contributed by atoms with van der Waals surface area (Å²) in [5, 5.41) is 31.2. The fraction of sp³-hybridized carbons (Fsp3) is 0. The fourth-order valence-corrected chi connectivity index (χ4v) is 0. The average Bonchev–Trinajstić information content (AvgIpc) is 2.20. The quantitative estimate of drug-likeness (QED) is 0.294. The van der Waals surface area contributed by atoms with E-state index in [9.17, 15) is 0 Å². The van der Waals surface area contributed by atoms with Crippen LogP contribution in [0.2, 0.25) is 0 Å². The van der Waals surface area contributed by atoms with E-state index in [2.05, 4.69) is 0 Å². The third kappa shape index (κ3) is 827. The van der Waals surface area contributed by atoms with E-state index in [1.165, 1.54) is 0 Å². The molecule has 5 nitrogen and oxygen atoms in total. The molecule has 0 aromatic rings. The Kier molecular flexibility index (Phi) is 4720. The van der Waals surface area contributed by atoms with E-state index in [4.69, 9.17) is 59.2 Å². The molecule has 8 heteroatoms. The van der Waals surface area contributed by atoms with Gasteiger partial charge in [-0.25, -0.2) is 0 Å². The molecule has 0 fully saturated rings. The molecule has 13 heavy (non-hydrogen) atoms. The van der Waals surface area contributed by atoms with Crippen molar-refractivity contribution < 1.29 is 125 Å². The third-order valence-corrected chi connectivity index (χ3v) is 0. The van der Waals surface area contributed by atoms with E-state index in [0.29, 0.717) is 0 Å². The van der Waals surface area contributed by atoms with Gasteiger partial charge in [0, 0.05) is 0 Å². The summed E-state index contributed by atoms with van der Waals surface area (Å²) in [6.45, 7) is 23.8. The maximum atomic E-state index is 6.25. The van der Waals surface area contributed by atoms with Crippen LogP contribution in [0.3, 0.4) is 0 Å². The Morgan fingerprint density at radius 3 is 0.385 bits per heavy atom. The molecule has 0 aliphatic heterocycles. The number of nitrogens with zero attached hydrogens (tertiary/aromatic N) is 5. The Morgan fingerprint density at radius 1 is 0.385 bits per heavy atom. The van der Waals surface area contributed by atoms with Crippen molar-refractivity contribution >= 4 is 0 Å². The zero-order chi connectivity index (χ0) is 10.0. The molecule has 0 spiro atoms. The van der Waals surface area contributed by atoms with Gasteiger partial charge in [-0.3, -0.25) is 0 Å². The predicted molar refractivity (Wildman–Crippen MR) is 24.8 cm³/mol. The minimum atomic E-state index is 0. The van der Waals surface area contributed by atoms with Crippen LogP contribution in [0, 0.1) is 59.2 Å². The Morgan fingerprint density at radius 2 is 0.385 bits per heavy atom. The zero-order valence-corrected chi connectivity index (χ0v) is 15.5. The van der Waals surface area contributed by atoms with Crippen LogP contribution in [-0.2, 0) is 22.4 Å². The van der Waals surface area contributed by atoms with Crippen molar-refractivity contribution in [2.45, 2.75) is 0 Å². The third-order valence-electron chi connectivity index (χ3n) is 0. The van der Waals surface area contributed by atoms with Gasteiger partial charge in [0.25, 0.3) is 0 Å². The van der Waals surface area contributed by atoms with Gasteiger partial charge in [0.2, 0.25) is 0 Å². The molecule has 0 heterocycles. The number of hydrogen-bond donors (Lipinski definition) is 0. The van der Waals surface area contributed by atoms with Crippen LogP contribution in [0.15, 0.2) is 0 Å². The molecule has 0 aromatic heterocycles. The van der Waals surface area contributed by atoms with Gasteiger partial charge < -0.3 is 59.2 Å². The largest absolute Gasteiger partial charge is 3.00 e. The fourth-order valence-electron chi connectivity index (χ4n) is 0. The van der Waals surface area contributed by atoms with Gasteiger partial charge in [0.1, 0.15) is 0 Å². The normalized spacial score (nSPS) is 0.769. The van der Waals surface area contributed by atoms with E-state index in [0.717, 1.165) is 0 Å². The average molecular weight is 405 g/mol. The van der Waals surface area contributed by atoms with Crippen LogP contribution >= 0.6 is 0 Å². The molecule has 0 bridgehead atoms. The molecular weight excluding hydrogens is 405 g/mol. The number of hydrogen-bond acceptors (Lipinski definition) is 5. The summed E-state index contributed by atoms with van der Waals surface area (Å²) in [7, 11) is 0. The summed E-state index contributed by atoms with van der Waals surface area (Å²) in [5.74, 6) is 0. The van der Waals surface area contributed by atoms with E-state index >= 15 is 0 Å². The molecule has 0 atom stereocenters. The smallest absolute Gasteiger partial charge is 0.512 e. The zero-order valence-electron chi connectivity index (χ0n) is 7.04. The van der Waals surface area contributed by atoms with Gasteiger partial charge >= 0.3 is 125 Å². The first-order valence-electron chi connectivity index (χ1n) is 1.12. The topological polar surface area (TPSA) is 119 Å². The molecule has 0 amide bonds. The van der Waals surface area contributed by atoms with Crippen LogP contribution < -0.4 is 103 Å². The second-order valence-corrected chi connectivity index (χ2v) is 0. The van der Waals surface area contributed by atoms with Crippen molar-refractivity contribution in [3.05, 3.63) is 32.9 Å². The van der Waals surface area contributed by atoms with Gasteiger partial charge in [-0.2, -0.15) is 0 Å². The predicted octanol–water partition coefficient (Wildman–Crippen LogP) is -5.51. The van der Waals surface area contributed by atoms with Gasteiger partial charge in [-0.15, -0.1) is 0 Å². The molecule has 58 valence electrons. The summed E-state index contributed by atoms with van der Waals surface area (Å²) >= 11 is 0. The minimum absolute atomic E-state index is 0. The Bertz CT molecular complexity index is 81.5. The standard InChI is InChI=1S/5CN.Au.2K/c5*1-2;;;/q5*-1;+3;2*+1. The van der Waals surface area contributed by atoms with Crippen molar-refractivity contribution in [2.75, 3.05) is 0 Å². The van der Waals surface area contributed by atoms with Crippen LogP contribution in [0.4, 0.5) is 0 Å². The van der Waals surface area contributed by atoms with Crippen molar-refractivity contribution in [3.63, 3.8) is 0 Å². The first kappa shape index (κ1) is 62.8. The van der Waals surface area contributed by atoms with Gasteiger partial charge in [0.15, 0.2) is 0 Å². The number of rotatable bonds is 0. The second-order valence-electron chi connectivity index (χ2n) is 0. The summed E-state index contributed by atoms with van der Waals surface area (Å²) in [6.07, 6.45) is 0. The Hall–Kier alpha value is 1.46. The Labute approximate surface area is 180 Å². The van der Waals surface area contributed by atoms with E-state index in [1.54, 1.807) is 0 Å². The van der Waals surface area contributed by atoms with Crippen molar-refractivity contribution in [1.29, 1.82) is 26.3 Å². The van der Waals surface area contributed by atoms with E-state index < -0.39 is 0 Å². The second kappa shape index (κ2) is 977. The molecule has 0 saturated carbocycles. The molecule has 0 saturated heterocycles. The van der Waals surface area contributed by atoms with Crippen molar-refractivity contribution in [3.8, 4) is 0 Å². The van der Waals surface area contributed by atoms with Gasteiger partial charge in [0.05, 0.1) is 0 Å². The molecule has 0 radical (unpaired) electrons. The molecule has 0 N–H and O–H groups in total.